The van der Waals surface area contributed by atoms with E-state index in [2.05, 4.69) is 81.4 Å². The summed E-state index contributed by atoms with van der Waals surface area (Å²) >= 11 is 3.59. The van der Waals surface area contributed by atoms with Gasteiger partial charge >= 0.3 is 0 Å². The number of halogens is 1. The van der Waals surface area contributed by atoms with Crippen molar-refractivity contribution in [3.05, 3.63) is 77.0 Å². The Hall–Kier alpha value is -1.67. The standard InChI is InChI=1S/C16H13BrN/c17-16-8-4-3-7-15(16)12-18-10-9-13-5-1-2-6-14(13)11-18/h1-11H,12H2/q+1. The topological polar surface area (TPSA) is 3.88 Å². The molecule has 0 radical (unpaired) electrons. The van der Waals surface area contributed by atoms with E-state index in [-0.39, 0.29) is 0 Å². The zero-order valence-electron chi connectivity index (χ0n) is 9.88. The molecule has 0 atom stereocenters. The summed E-state index contributed by atoms with van der Waals surface area (Å²) in [5.74, 6) is 0. The van der Waals surface area contributed by atoms with Gasteiger partial charge in [0.1, 0.15) is 0 Å². The summed E-state index contributed by atoms with van der Waals surface area (Å²) in [6.45, 7) is 0.881. The highest BCUT2D eigenvalue weighted by Gasteiger charge is 2.06. The normalized spacial score (nSPS) is 10.7. The van der Waals surface area contributed by atoms with Crippen molar-refractivity contribution in [3.63, 3.8) is 0 Å². The van der Waals surface area contributed by atoms with E-state index in [9.17, 15) is 0 Å². The van der Waals surface area contributed by atoms with Crippen LogP contribution >= 0.6 is 15.9 Å². The third kappa shape index (κ3) is 2.29. The van der Waals surface area contributed by atoms with E-state index in [1.165, 1.54) is 16.3 Å². The molecule has 2 aromatic carbocycles. The Kier molecular flexibility index (Phi) is 3.11. The molecule has 88 valence electrons. The van der Waals surface area contributed by atoms with E-state index in [0.29, 0.717) is 0 Å². The Labute approximate surface area is 115 Å². The molecule has 3 aromatic rings. The maximum absolute atomic E-state index is 3.59. The molecule has 1 heterocycles. The number of aromatic nitrogens is 1. The van der Waals surface area contributed by atoms with Gasteiger partial charge in [-0.2, -0.15) is 0 Å². The molecule has 0 bridgehead atoms. The van der Waals surface area contributed by atoms with E-state index < -0.39 is 0 Å². The first-order valence-corrected chi connectivity index (χ1v) is 6.73. The number of benzene rings is 2. The van der Waals surface area contributed by atoms with Crippen LogP contribution in [0.1, 0.15) is 5.56 Å². The summed E-state index contributed by atoms with van der Waals surface area (Å²) in [7, 11) is 0. The van der Waals surface area contributed by atoms with Crippen LogP contribution in [0.15, 0.2) is 71.5 Å². The third-order valence-corrected chi connectivity index (χ3v) is 3.83. The third-order valence-electron chi connectivity index (χ3n) is 3.06. The molecule has 1 nitrogen and oxygen atoms in total. The van der Waals surface area contributed by atoms with Crippen molar-refractivity contribution >= 4 is 26.7 Å². The zero-order valence-corrected chi connectivity index (χ0v) is 11.5. The van der Waals surface area contributed by atoms with Gasteiger partial charge in [-0.1, -0.05) is 52.3 Å². The molecule has 0 fully saturated rings. The van der Waals surface area contributed by atoms with E-state index in [0.717, 1.165) is 11.0 Å². The Bertz CT molecular complexity index is 691. The number of pyridine rings is 1. The lowest BCUT2D eigenvalue weighted by atomic mass is 10.1. The van der Waals surface area contributed by atoms with Crippen molar-refractivity contribution in [1.29, 1.82) is 0 Å². The minimum absolute atomic E-state index is 0.881. The molecule has 0 N–H and O–H groups in total. The van der Waals surface area contributed by atoms with Crippen molar-refractivity contribution in [3.8, 4) is 0 Å². The van der Waals surface area contributed by atoms with Crippen molar-refractivity contribution in [2.75, 3.05) is 0 Å². The smallest absolute Gasteiger partial charge is 0.176 e. The van der Waals surface area contributed by atoms with Gasteiger partial charge in [0.25, 0.3) is 0 Å². The number of fused-ring (bicyclic) bond motifs is 1. The molecular weight excluding hydrogens is 286 g/mol. The van der Waals surface area contributed by atoms with Crippen molar-refractivity contribution < 1.29 is 4.57 Å². The van der Waals surface area contributed by atoms with E-state index in [1.807, 2.05) is 6.07 Å². The highest BCUT2D eigenvalue weighted by atomic mass is 79.9. The first-order valence-electron chi connectivity index (χ1n) is 5.94. The fourth-order valence-corrected chi connectivity index (χ4v) is 2.51. The summed E-state index contributed by atoms with van der Waals surface area (Å²) < 4.78 is 3.37. The number of nitrogens with zero attached hydrogens (tertiary/aromatic N) is 1. The van der Waals surface area contributed by atoms with Crippen LogP contribution in [0.25, 0.3) is 10.8 Å². The second-order valence-electron chi connectivity index (χ2n) is 4.34. The molecule has 0 aliphatic heterocycles. The lowest BCUT2D eigenvalue weighted by Gasteiger charge is -2.01. The Morgan fingerprint density at radius 3 is 2.39 bits per heavy atom. The van der Waals surface area contributed by atoms with Crippen LogP contribution in [0, 0.1) is 0 Å². The van der Waals surface area contributed by atoms with E-state index >= 15 is 0 Å². The average Bonchev–Trinajstić information content (AvgIpc) is 2.41. The summed E-state index contributed by atoms with van der Waals surface area (Å²) in [5.41, 5.74) is 1.29. The fourth-order valence-electron chi connectivity index (χ4n) is 2.10. The second kappa shape index (κ2) is 4.91. The largest absolute Gasteiger partial charge is 0.200 e. The molecule has 18 heavy (non-hydrogen) atoms. The highest BCUT2D eigenvalue weighted by molar-refractivity contribution is 9.10. The zero-order chi connectivity index (χ0) is 12.4. The SMILES string of the molecule is Brc1ccccc1C[n+]1ccc2ccccc2c1. The average molecular weight is 299 g/mol. The molecule has 1 aromatic heterocycles. The number of hydrogen-bond acceptors (Lipinski definition) is 0. The van der Waals surface area contributed by atoms with Crippen LogP contribution in [0.4, 0.5) is 0 Å². The fraction of sp³-hybridized carbons (Fsp3) is 0.0625. The minimum atomic E-state index is 0.881. The summed E-state index contributed by atoms with van der Waals surface area (Å²) in [4.78, 5) is 0. The number of hydrogen-bond donors (Lipinski definition) is 0. The van der Waals surface area contributed by atoms with Crippen molar-refractivity contribution in [2.24, 2.45) is 0 Å². The maximum Gasteiger partial charge on any atom is 0.176 e. The molecule has 0 amide bonds. The van der Waals surface area contributed by atoms with Crippen LogP contribution in [0.5, 0.6) is 0 Å². The van der Waals surface area contributed by atoms with Gasteiger partial charge in [-0.15, -0.1) is 0 Å². The molecular formula is C16H13BrN+. The number of rotatable bonds is 2. The Morgan fingerprint density at radius 1 is 0.833 bits per heavy atom. The van der Waals surface area contributed by atoms with E-state index in [1.54, 1.807) is 0 Å². The minimum Gasteiger partial charge on any atom is -0.200 e. The van der Waals surface area contributed by atoms with Crippen LogP contribution in [0.3, 0.4) is 0 Å². The maximum atomic E-state index is 3.59. The van der Waals surface area contributed by atoms with Gasteiger partial charge in [-0.3, -0.25) is 0 Å². The molecule has 0 saturated carbocycles. The Morgan fingerprint density at radius 2 is 1.56 bits per heavy atom. The van der Waals surface area contributed by atoms with Crippen LogP contribution in [-0.2, 0) is 6.54 Å². The van der Waals surface area contributed by atoms with Crippen LogP contribution in [-0.4, -0.2) is 0 Å². The summed E-state index contributed by atoms with van der Waals surface area (Å²) in [5, 5.41) is 2.55. The lowest BCUT2D eigenvalue weighted by Crippen LogP contribution is -2.33. The van der Waals surface area contributed by atoms with Gasteiger partial charge in [-0.25, -0.2) is 4.57 Å². The Balaban J connectivity index is 1.98. The van der Waals surface area contributed by atoms with Crippen molar-refractivity contribution in [1.82, 2.24) is 0 Å². The monoisotopic (exact) mass is 298 g/mol. The van der Waals surface area contributed by atoms with Crippen LogP contribution in [0.2, 0.25) is 0 Å². The lowest BCUT2D eigenvalue weighted by molar-refractivity contribution is -0.687. The first-order chi connectivity index (χ1) is 8.83. The molecule has 0 aliphatic carbocycles. The molecule has 0 aliphatic rings. The van der Waals surface area contributed by atoms with Gasteiger partial charge in [0.05, 0.1) is 0 Å². The van der Waals surface area contributed by atoms with Crippen molar-refractivity contribution in [2.45, 2.75) is 6.54 Å². The molecule has 3 rings (SSSR count). The van der Waals surface area contributed by atoms with E-state index in [4.69, 9.17) is 0 Å². The predicted molar refractivity (Wildman–Crippen MR) is 77.4 cm³/mol. The van der Waals surface area contributed by atoms with Crippen LogP contribution < -0.4 is 4.57 Å². The second-order valence-corrected chi connectivity index (χ2v) is 5.19. The molecule has 2 heteroatoms. The first kappa shape index (κ1) is 11.4. The van der Waals surface area contributed by atoms with Gasteiger partial charge in [0.15, 0.2) is 18.9 Å². The summed E-state index contributed by atoms with van der Waals surface area (Å²) in [6.07, 6.45) is 4.32. The van der Waals surface area contributed by atoms with Gasteiger partial charge < -0.3 is 0 Å². The summed E-state index contributed by atoms with van der Waals surface area (Å²) in [6, 6.07) is 18.9. The van der Waals surface area contributed by atoms with Gasteiger partial charge in [0.2, 0.25) is 0 Å². The van der Waals surface area contributed by atoms with Gasteiger partial charge in [0, 0.05) is 21.5 Å². The quantitative estimate of drug-likeness (QED) is 0.631. The molecule has 0 unspecified atom stereocenters. The predicted octanol–water partition coefficient (Wildman–Crippen LogP) is 3.94. The highest BCUT2D eigenvalue weighted by Crippen LogP contribution is 2.16. The molecule has 0 saturated heterocycles. The molecule has 0 spiro atoms. The van der Waals surface area contributed by atoms with Gasteiger partial charge in [-0.05, 0) is 17.5 Å².